The summed E-state index contributed by atoms with van der Waals surface area (Å²) < 4.78 is 38.0. The van der Waals surface area contributed by atoms with Crippen molar-refractivity contribution in [3.8, 4) is 0 Å². The Morgan fingerprint density at radius 1 is 0.917 bits per heavy atom. The quantitative estimate of drug-likeness (QED) is 0.807. The Kier molecular flexibility index (Phi) is 4.09. The van der Waals surface area contributed by atoms with E-state index in [2.05, 4.69) is 18.2 Å². The van der Waals surface area contributed by atoms with Crippen LogP contribution in [0.5, 0.6) is 0 Å². The van der Waals surface area contributed by atoms with E-state index in [9.17, 15) is 8.78 Å². The van der Waals surface area contributed by atoms with Crippen LogP contribution >= 0.6 is 0 Å². The highest BCUT2D eigenvalue weighted by Gasteiger charge is 2.37. The van der Waals surface area contributed by atoms with Gasteiger partial charge in [-0.1, -0.05) is 18.2 Å². The molecule has 1 aromatic carbocycles. The number of anilines is 1. The lowest BCUT2D eigenvalue weighted by molar-refractivity contribution is -0.159. The Bertz CT molecular complexity index is 611. The minimum atomic E-state index is -2.50. The average molecular weight is 335 g/mol. The standard InChI is InChI=1S/C19H23F2NO2/c20-18(21)9-11-22(12-10-18)17-3-1-15(2-4-17)16-5-7-19(8-6-16)23-13-14-24-19/h1-5H,6-14H2. The van der Waals surface area contributed by atoms with E-state index in [0.717, 1.165) is 24.9 Å². The zero-order chi connectivity index (χ0) is 16.6. The van der Waals surface area contributed by atoms with Crippen molar-refractivity contribution in [2.24, 2.45) is 0 Å². The van der Waals surface area contributed by atoms with E-state index in [-0.39, 0.29) is 18.6 Å². The summed E-state index contributed by atoms with van der Waals surface area (Å²) in [5.41, 5.74) is 3.55. The van der Waals surface area contributed by atoms with E-state index >= 15 is 0 Å². The SMILES string of the molecule is FC1(F)CCN(c2ccc(C3=CCC4(CC3)OCCO4)cc2)CC1. The van der Waals surface area contributed by atoms with Crippen LogP contribution in [0.1, 0.15) is 37.7 Å². The number of hydrogen-bond acceptors (Lipinski definition) is 3. The van der Waals surface area contributed by atoms with Gasteiger partial charge in [-0.2, -0.15) is 0 Å². The summed E-state index contributed by atoms with van der Waals surface area (Å²) in [5.74, 6) is -2.88. The maximum absolute atomic E-state index is 13.3. The first-order valence-corrected chi connectivity index (χ1v) is 8.76. The van der Waals surface area contributed by atoms with Crippen LogP contribution in [-0.4, -0.2) is 38.0 Å². The van der Waals surface area contributed by atoms with E-state index in [1.807, 2.05) is 17.0 Å². The number of benzene rings is 1. The molecule has 1 spiro atoms. The fourth-order valence-electron chi connectivity index (χ4n) is 3.81. The molecule has 0 saturated carbocycles. The van der Waals surface area contributed by atoms with Crippen LogP contribution in [-0.2, 0) is 9.47 Å². The van der Waals surface area contributed by atoms with Crippen LogP contribution < -0.4 is 4.90 Å². The molecule has 0 amide bonds. The molecule has 4 rings (SSSR count). The van der Waals surface area contributed by atoms with Gasteiger partial charge < -0.3 is 14.4 Å². The average Bonchev–Trinajstić information content (AvgIpc) is 3.04. The minimum Gasteiger partial charge on any atom is -0.371 e. The molecule has 0 aromatic heterocycles. The molecule has 24 heavy (non-hydrogen) atoms. The Labute approximate surface area is 141 Å². The van der Waals surface area contributed by atoms with Crippen LogP contribution in [0, 0.1) is 0 Å². The summed E-state index contributed by atoms with van der Waals surface area (Å²) >= 11 is 0. The van der Waals surface area contributed by atoms with E-state index < -0.39 is 5.92 Å². The molecule has 1 aliphatic carbocycles. The molecule has 0 bridgehead atoms. The highest BCUT2D eigenvalue weighted by atomic mass is 19.3. The number of halogens is 2. The van der Waals surface area contributed by atoms with Gasteiger partial charge in [-0.15, -0.1) is 0 Å². The van der Waals surface area contributed by atoms with Crippen LogP contribution in [0.15, 0.2) is 30.3 Å². The molecule has 0 atom stereocenters. The monoisotopic (exact) mass is 335 g/mol. The van der Waals surface area contributed by atoms with Crippen molar-refractivity contribution < 1.29 is 18.3 Å². The third-order valence-electron chi connectivity index (χ3n) is 5.35. The van der Waals surface area contributed by atoms with Crippen molar-refractivity contribution >= 4 is 11.3 Å². The maximum atomic E-state index is 13.3. The molecule has 130 valence electrons. The zero-order valence-corrected chi connectivity index (χ0v) is 13.8. The number of alkyl halides is 2. The highest BCUT2D eigenvalue weighted by Crippen LogP contribution is 2.38. The van der Waals surface area contributed by atoms with Crippen molar-refractivity contribution in [3.05, 3.63) is 35.9 Å². The molecular formula is C19H23F2NO2. The Morgan fingerprint density at radius 3 is 2.17 bits per heavy atom. The molecule has 3 nitrogen and oxygen atoms in total. The predicted octanol–water partition coefficient (Wildman–Crippen LogP) is 4.23. The lowest BCUT2D eigenvalue weighted by atomic mass is 9.89. The summed E-state index contributed by atoms with van der Waals surface area (Å²) in [7, 11) is 0. The van der Waals surface area contributed by atoms with Gasteiger partial charge in [0.25, 0.3) is 5.92 Å². The molecule has 2 heterocycles. The van der Waals surface area contributed by atoms with Gasteiger partial charge in [0.1, 0.15) is 0 Å². The van der Waals surface area contributed by atoms with Gasteiger partial charge in [0, 0.05) is 44.5 Å². The topological polar surface area (TPSA) is 21.7 Å². The van der Waals surface area contributed by atoms with E-state index in [4.69, 9.17) is 9.47 Å². The highest BCUT2D eigenvalue weighted by molar-refractivity contribution is 5.68. The van der Waals surface area contributed by atoms with Crippen molar-refractivity contribution in [1.82, 2.24) is 0 Å². The van der Waals surface area contributed by atoms with Crippen LogP contribution in [0.3, 0.4) is 0 Å². The van der Waals surface area contributed by atoms with Gasteiger partial charge in [0.15, 0.2) is 5.79 Å². The van der Waals surface area contributed by atoms with Crippen molar-refractivity contribution in [2.45, 2.75) is 43.8 Å². The van der Waals surface area contributed by atoms with E-state index in [0.29, 0.717) is 26.3 Å². The van der Waals surface area contributed by atoms with Crippen molar-refractivity contribution in [2.75, 3.05) is 31.2 Å². The summed E-state index contributed by atoms with van der Waals surface area (Å²) in [6.07, 6.45) is 4.73. The summed E-state index contributed by atoms with van der Waals surface area (Å²) in [6.45, 7) is 2.22. The normalized spacial score (nSPS) is 25.8. The molecule has 2 fully saturated rings. The number of piperidine rings is 1. The fraction of sp³-hybridized carbons (Fsp3) is 0.579. The second-order valence-electron chi connectivity index (χ2n) is 6.93. The number of allylic oxidation sites excluding steroid dienone is 1. The van der Waals surface area contributed by atoms with Gasteiger partial charge in [-0.25, -0.2) is 8.78 Å². The first-order chi connectivity index (χ1) is 11.6. The Balaban J connectivity index is 1.42. The molecule has 2 saturated heterocycles. The first kappa shape index (κ1) is 16.0. The molecule has 1 aromatic rings. The van der Waals surface area contributed by atoms with Crippen molar-refractivity contribution in [3.63, 3.8) is 0 Å². The zero-order valence-electron chi connectivity index (χ0n) is 13.8. The Morgan fingerprint density at radius 2 is 1.58 bits per heavy atom. The van der Waals surface area contributed by atoms with E-state index in [1.54, 1.807) is 0 Å². The van der Waals surface area contributed by atoms with Crippen LogP contribution in [0.25, 0.3) is 5.57 Å². The van der Waals surface area contributed by atoms with Gasteiger partial charge in [0.2, 0.25) is 0 Å². The van der Waals surface area contributed by atoms with Crippen LogP contribution in [0.2, 0.25) is 0 Å². The molecule has 0 N–H and O–H groups in total. The summed E-state index contributed by atoms with van der Waals surface area (Å²) in [4.78, 5) is 2.05. The molecule has 5 heteroatoms. The Hall–Kier alpha value is -1.46. The second-order valence-corrected chi connectivity index (χ2v) is 6.93. The van der Waals surface area contributed by atoms with Gasteiger partial charge in [-0.05, 0) is 29.7 Å². The lowest BCUT2D eigenvalue weighted by Gasteiger charge is -2.33. The number of nitrogens with zero attached hydrogens (tertiary/aromatic N) is 1. The number of ether oxygens (including phenoxy) is 2. The first-order valence-electron chi connectivity index (χ1n) is 8.76. The molecule has 3 aliphatic rings. The minimum absolute atomic E-state index is 0.0536. The largest absolute Gasteiger partial charge is 0.371 e. The second kappa shape index (κ2) is 6.12. The molecule has 0 unspecified atom stereocenters. The maximum Gasteiger partial charge on any atom is 0.251 e. The molecule has 2 aliphatic heterocycles. The van der Waals surface area contributed by atoms with Crippen LogP contribution in [0.4, 0.5) is 14.5 Å². The smallest absolute Gasteiger partial charge is 0.251 e. The third-order valence-corrected chi connectivity index (χ3v) is 5.35. The van der Waals surface area contributed by atoms with Crippen molar-refractivity contribution in [1.29, 1.82) is 0 Å². The fourth-order valence-corrected chi connectivity index (χ4v) is 3.81. The lowest BCUT2D eigenvalue weighted by Crippen LogP contribution is -2.39. The third kappa shape index (κ3) is 3.20. The molecule has 0 radical (unpaired) electrons. The summed E-state index contributed by atoms with van der Waals surface area (Å²) in [6, 6.07) is 8.30. The van der Waals surface area contributed by atoms with Gasteiger partial charge in [0.05, 0.1) is 13.2 Å². The van der Waals surface area contributed by atoms with Gasteiger partial charge >= 0.3 is 0 Å². The number of hydrogen-bond donors (Lipinski definition) is 0. The predicted molar refractivity (Wildman–Crippen MR) is 89.3 cm³/mol. The van der Waals surface area contributed by atoms with Gasteiger partial charge in [-0.3, -0.25) is 0 Å². The van der Waals surface area contributed by atoms with E-state index in [1.165, 1.54) is 11.1 Å². The summed E-state index contributed by atoms with van der Waals surface area (Å²) in [5, 5.41) is 0. The number of rotatable bonds is 2. The molecular weight excluding hydrogens is 312 g/mol.